The fraction of sp³-hybridized carbons (Fsp3) is 0.312. The molecule has 132 valence electrons. The molecule has 2 aromatic rings. The second-order valence-corrected chi connectivity index (χ2v) is 6.11. The summed E-state index contributed by atoms with van der Waals surface area (Å²) in [6.07, 6.45) is 1.44. The number of rotatable bonds is 4. The fourth-order valence-corrected chi connectivity index (χ4v) is 2.74. The summed E-state index contributed by atoms with van der Waals surface area (Å²) in [7, 11) is 0. The minimum atomic E-state index is -0.703. The highest BCUT2D eigenvalue weighted by Gasteiger charge is 2.26. The molecule has 1 saturated heterocycles. The van der Waals surface area contributed by atoms with Gasteiger partial charge in [-0.3, -0.25) is 9.59 Å². The van der Waals surface area contributed by atoms with E-state index < -0.39 is 5.97 Å². The number of hydrogen-bond acceptors (Lipinski definition) is 6. The molecule has 0 spiro atoms. The molecule has 1 aliphatic heterocycles. The maximum absolute atomic E-state index is 12.2. The van der Waals surface area contributed by atoms with Crippen LogP contribution in [-0.2, 0) is 9.53 Å². The van der Waals surface area contributed by atoms with E-state index in [0.29, 0.717) is 30.8 Å². The highest BCUT2D eigenvalue weighted by atomic mass is 79.9. The lowest BCUT2D eigenvalue weighted by Gasteiger charge is -2.34. The molecule has 3 rings (SSSR count). The first-order valence-corrected chi connectivity index (χ1v) is 8.37. The maximum Gasteiger partial charge on any atom is 0.374 e. The van der Waals surface area contributed by atoms with E-state index in [2.05, 4.69) is 15.9 Å². The Hall–Kier alpha value is -2.55. The van der Waals surface area contributed by atoms with E-state index in [9.17, 15) is 14.4 Å². The smallest absolute Gasteiger partial charge is 0.374 e. The average Bonchev–Trinajstić information content (AvgIpc) is 3.30. The predicted molar refractivity (Wildman–Crippen MR) is 87.9 cm³/mol. The van der Waals surface area contributed by atoms with Gasteiger partial charge in [-0.05, 0) is 40.2 Å². The fourth-order valence-electron chi connectivity index (χ4n) is 2.43. The summed E-state index contributed by atoms with van der Waals surface area (Å²) in [5, 5.41) is 0. The quantitative estimate of drug-likeness (QED) is 0.713. The molecule has 0 unspecified atom stereocenters. The third-order valence-electron chi connectivity index (χ3n) is 3.75. The van der Waals surface area contributed by atoms with Crippen molar-refractivity contribution in [2.24, 2.45) is 0 Å². The molecule has 2 aromatic heterocycles. The molecule has 0 radical (unpaired) electrons. The molecule has 0 saturated carbocycles. The lowest BCUT2D eigenvalue weighted by atomic mass is 10.3. The van der Waals surface area contributed by atoms with Gasteiger partial charge in [0.25, 0.3) is 11.8 Å². The van der Waals surface area contributed by atoms with Crippen LogP contribution in [0.5, 0.6) is 0 Å². The number of hydrogen-bond donors (Lipinski definition) is 0. The number of esters is 1. The van der Waals surface area contributed by atoms with E-state index in [-0.39, 0.29) is 29.9 Å². The summed E-state index contributed by atoms with van der Waals surface area (Å²) >= 11 is 3.09. The highest BCUT2D eigenvalue weighted by molar-refractivity contribution is 9.10. The Morgan fingerprint density at radius 2 is 1.76 bits per heavy atom. The first-order valence-electron chi connectivity index (χ1n) is 7.57. The van der Waals surface area contributed by atoms with Crippen molar-refractivity contribution in [3.8, 4) is 0 Å². The zero-order chi connectivity index (χ0) is 17.8. The highest BCUT2D eigenvalue weighted by Crippen LogP contribution is 2.15. The van der Waals surface area contributed by atoms with Crippen LogP contribution in [0.15, 0.2) is 44.0 Å². The van der Waals surface area contributed by atoms with Gasteiger partial charge in [0, 0.05) is 26.2 Å². The van der Waals surface area contributed by atoms with E-state index in [1.54, 1.807) is 28.0 Å². The van der Waals surface area contributed by atoms with Crippen LogP contribution >= 0.6 is 15.9 Å². The zero-order valence-corrected chi connectivity index (χ0v) is 14.7. The van der Waals surface area contributed by atoms with Crippen LogP contribution in [0.4, 0.5) is 0 Å². The summed E-state index contributed by atoms with van der Waals surface area (Å²) in [5.74, 6) is -0.923. The number of carbonyl (C=O) groups excluding carboxylic acids is 3. The maximum atomic E-state index is 12.2. The molecule has 9 heteroatoms. The SMILES string of the molecule is O=C(OCC(=O)N1CCN(C(=O)c2ccco2)CC1)c1ccc(Br)o1. The molecule has 2 amide bonds. The number of nitrogens with zero attached hydrogens (tertiary/aromatic N) is 2. The van der Waals surface area contributed by atoms with Gasteiger partial charge in [-0.25, -0.2) is 4.79 Å². The first-order chi connectivity index (χ1) is 12.0. The summed E-state index contributed by atoms with van der Waals surface area (Å²) in [5.41, 5.74) is 0. The van der Waals surface area contributed by atoms with E-state index in [4.69, 9.17) is 13.6 Å². The number of halogens is 1. The van der Waals surface area contributed by atoms with Crippen molar-refractivity contribution < 1.29 is 28.0 Å². The van der Waals surface area contributed by atoms with Crippen molar-refractivity contribution in [1.82, 2.24) is 9.80 Å². The van der Waals surface area contributed by atoms with Crippen molar-refractivity contribution in [1.29, 1.82) is 0 Å². The summed E-state index contributed by atoms with van der Waals surface area (Å²) in [6.45, 7) is 1.16. The van der Waals surface area contributed by atoms with E-state index in [0.717, 1.165) is 0 Å². The van der Waals surface area contributed by atoms with Crippen LogP contribution in [-0.4, -0.2) is 60.4 Å². The van der Waals surface area contributed by atoms with Gasteiger partial charge in [0.2, 0.25) is 5.76 Å². The Morgan fingerprint density at radius 3 is 2.36 bits per heavy atom. The standard InChI is InChI=1S/C16H15BrN2O6/c17-13-4-3-12(25-13)16(22)24-10-14(20)18-5-7-19(8-6-18)15(21)11-2-1-9-23-11/h1-4,9H,5-8,10H2. The number of piperazine rings is 1. The van der Waals surface area contributed by atoms with Gasteiger partial charge < -0.3 is 23.4 Å². The molecule has 25 heavy (non-hydrogen) atoms. The Kier molecular flexibility index (Phi) is 5.22. The predicted octanol–water partition coefficient (Wildman–Crippen LogP) is 1.78. The van der Waals surface area contributed by atoms with Gasteiger partial charge >= 0.3 is 5.97 Å². The average molecular weight is 411 g/mol. The second kappa shape index (κ2) is 7.56. The van der Waals surface area contributed by atoms with Crippen molar-refractivity contribution in [3.63, 3.8) is 0 Å². The number of carbonyl (C=O) groups is 3. The molecule has 8 nitrogen and oxygen atoms in total. The molecule has 0 aliphatic carbocycles. The molecule has 0 N–H and O–H groups in total. The van der Waals surface area contributed by atoms with Crippen LogP contribution in [0.3, 0.4) is 0 Å². The van der Waals surface area contributed by atoms with Crippen LogP contribution in [0.1, 0.15) is 21.1 Å². The summed E-state index contributed by atoms with van der Waals surface area (Å²) in [4.78, 5) is 39.2. The van der Waals surface area contributed by atoms with Crippen molar-refractivity contribution in [2.75, 3.05) is 32.8 Å². The van der Waals surface area contributed by atoms with Crippen LogP contribution in [0.2, 0.25) is 0 Å². The number of amides is 2. The summed E-state index contributed by atoms with van der Waals surface area (Å²) in [6, 6.07) is 6.27. The van der Waals surface area contributed by atoms with Gasteiger partial charge in [0.15, 0.2) is 17.0 Å². The Balaban J connectivity index is 1.45. The third-order valence-corrected chi connectivity index (χ3v) is 4.18. The van der Waals surface area contributed by atoms with E-state index in [1.807, 2.05) is 0 Å². The van der Waals surface area contributed by atoms with Crippen molar-refractivity contribution >= 4 is 33.7 Å². The Morgan fingerprint density at radius 1 is 1.04 bits per heavy atom. The molecule has 1 fully saturated rings. The largest absolute Gasteiger partial charge is 0.459 e. The molecule has 0 aromatic carbocycles. The molecule has 1 aliphatic rings. The minimum Gasteiger partial charge on any atom is -0.459 e. The van der Waals surface area contributed by atoms with Crippen molar-refractivity contribution in [2.45, 2.75) is 0 Å². The monoisotopic (exact) mass is 410 g/mol. The van der Waals surface area contributed by atoms with Crippen LogP contribution in [0, 0.1) is 0 Å². The lowest BCUT2D eigenvalue weighted by Crippen LogP contribution is -2.51. The Labute approximate surface area is 151 Å². The molecule has 0 atom stereocenters. The number of ether oxygens (including phenoxy) is 1. The normalized spacial score (nSPS) is 14.4. The van der Waals surface area contributed by atoms with E-state index >= 15 is 0 Å². The summed E-state index contributed by atoms with van der Waals surface area (Å²) < 4.78 is 15.5. The van der Waals surface area contributed by atoms with Gasteiger partial charge in [0.1, 0.15) is 0 Å². The van der Waals surface area contributed by atoms with E-state index in [1.165, 1.54) is 12.3 Å². The van der Waals surface area contributed by atoms with Crippen molar-refractivity contribution in [3.05, 3.63) is 46.7 Å². The topological polar surface area (TPSA) is 93.2 Å². The molecular formula is C16H15BrN2O6. The lowest BCUT2D eigenvalue weighted by molar-refractivity contribution is -0.136. The van der Waals surface area contributed by atoms with Gasteiger partial charge in [-0.15, -0.1) is 0 Å². The number of furan rings is 2. The first kappa shape index (κ1) is 17.3. The van der Waals surface area contributed by atoms with Gasteiger partial charge in [-0.1, -0.05) is 0 Å². The van der Waals surface area contributed by atoms with Gasteiger partial charge in [-0.2, -0.15) is 0 Å². The zero-order valence-electron chi connectivity index (χ0n) is 13.1. The molecule has 0 bridgehead atoms. The minimum absolute atomic E-state index is 0.0218. The van der Waals surface area contributed by atoms with Crippen LogP contribution < -0.4 is 0 Å². The van der Waals surface area contributed by atoms with Gasteiger partial charge in [0.05, 0.1) is 6.26 Å². The molecule has 3 heterocycles. The second-order valence-electron chi connectivity index (χ2n) is 5.33. The molecular weight excluding hydrogens is 396 g/mol. The third kappa shape index (κ3) is 4.11. The van der Waals surface area contributed by atoms with Crippen LogP contribution in [0.25, 0.3) is 0 Å². The Bertz CT molecular complexity index is 761.